The number of nitrogens with one attached hydrogen (secondary N) is 1. The fraction of sp³-hybridized carbons (Fsp3) is 0.375. The summed E-state index contributed by atoms with van der Waals surface area (Å²) in [5.74, 6) is -1.47. The molecule has 0 spiro atoms. The second-order valence-electron chi connectivity index (χ2n) is 5.33. The number of nitrogens with zero attached hydrogens (tertiary/aromatic N) is 2. The van der Waals surface area contributed by atoms with Crippen LogP contribution in [0.5, 0.6) is 0 Å². The van der Waals surface area contributed by atoms with Crippen LogP contribution in [0, 0.1) is 5.92 Å². The third-order valence-corrected chi connectivity index (χ3v) is 4.56. The van der Waals surface area contributed by atoms with E-state index in [4.69, 9.17) is 0 Å². The van der Waals surface area contributed by atoms with Crippen LogP contribution in [0.3, 0.4) is 0 Å². The van der Waals surface area contributed by atoms with Crippen molar-refractivity contribution in [3.05, 3.63) is 35.6 Å². The molecule has 122 valence electrons. The number of carboxylic acid groups (broad SMARTS) is 1. The van der Waals surface area contributed by atoms with Gasteiger partial charge in [-0.15, -0.1) is 11.3 Å². The topological polar surface area (TPSA) is 92.2 Å². The fourth-order valence-corrected chi connectivity index (χ4v) is 2.91. The molecule has 1 amide bonds. The Kier molecular flexibility index (Phi) is 5.81. The van der Waals surface area contributed by atoms with Crippen molar-refractivity contribution in [2.45, 2.75) is 32.7 Å². The molecule has 2 aromatic rings. The molecule has 0 aliphatic carbocycles. The Labute approximate surface area is 138 Å². The summed E-state index contributed by atoms with van der Waals surface area (Å²) in [4.78, 5) is 31.7. The summed E-state index contributed by atoms with van der Waals surface area (Å²) in [6.07, 6.45) is 4.13. The van der Waals surface area contributed by atoms with Crippen LogP contribution >= 0.6 is 11.3 Å². The molecular formula is C16H19N3O3S. The van der Waals surface area contributed by atoms with Gasteiger partial charge in [0.2, 0.25) is 5.91 Å². The Balaban J connectivity index is 2.01. The van der Waals surface area contributed by atoms with E-state index in [9.17, 15) is 14.7 Å². The van der Waals surface area contributed by atoms with E-state index in [1.807, 2.05) is 31.4 Å². The lowest BCUT2D eigenvalue weighted by Crippen LogP contribution is -2.45. The largest absolute Gasteiger partial charge is 0.480 e. The predicted octanol–water partition coefficient (Wildman–Crippen LogP) is 2.36. The molecule has 2 aromatic heterocycles. The summed E-state index contributed by atoms with van der Waals surface area (Å²) in [6.45, 7) is 3.71. The van der Waals surface area contributed by atoms with Gasteiger partial charge < -0.3 is 10.4 Å². The van der Waals surface area contributed by atoms with Crippen molar-refractivity contribution in [2.24, 2.45) is 5.92 Å². The highest BCUT2D eigenvalue weighted by Gasteiger charge is 2.25. The average molecular weight is 333 g/mol. The predicted molar refractivity (Wildman–Crippen MR) is 88.1 cm³/mol. The first-order valence-electron chi connectivity index (χ1n) is 7.38. The standard InChI is InChI=1S/C16H19N3O3S/c1-3-10(2)14(16(21)22)19-13(20)8-12-9-23-15(18-12)11-4-6-17-7-5-11/h4-7,9-10,14H,3,8H2,1-2H3,(H,19,20)(H,21,22). The number of aromatic nitrogens is 2. The summed E-state index contributed by atoms with van der Waals surface area (Å²) in [5, 5.41) is 14.4. The van der Waals surface area contributed by atoms with Gasteiger partial charge in [0.05, 0.1) is 12.1 Å². The van der Waals surface area contributed by atoms with E-state index < -0.39 is 12.0 Å². The minimum absolute atomic E-state index is 0.0712. The molecule has 0 radical (unpaired) electrons. The Hall–Kier alpha value is -2.28. The number of pyridine rings is 1. The molecule has 7 heteroatoms. The molecule has 0 bridgehead atoms. The van der Waals surface area contributed by atoms with Gasteiger partial charge in [0, 0.05) is 23.3 Å². The molecule has 6 nitrogen and oxygen atoms in total. The first-order valence-corrected chi connectivity index (χ1v) is 8.26. The average Bonchev–Trinajstić information content (AvgIpc) is 3.01. The molecule has 2 rings (SSSR count). The Morgan fingerprint density at radius 3 is 2.65 bits per heavy atom. The number of carboxylic acids is 1. The summed E-state index contributed by atoms with van der Waals surface area (Å²) in [5.41, 5.74) is 1.58. The number of hydrogen-bond acceptors (Lipinski definition) is 5. The first-order chi connectivity index (χ1) is 11.0. The van der Waals surface area contributed by atoms with E-state index in [-0.39, 0.29) is 18.2 Å². The molecule has 0 saturated heterocycles. The number of carbonyl (C=O) groups is 2. The van der Waals surface area contributed by atoms with E-state index >= 15 is 0 Å². The van der Waals surface area contributed by atoms with Crippen molar-refractivity contribution in [3.63, 3.8) is 0 Å². The number of aliphatic carboxylic acids is 1. The second kappa shape index (κ2) is 7.82. The van der Waals surface area contributed by atoms with Crippen LogP contribution in [0.2, 0.25) is 0 Å². The molecule has 0 aliphatic rings. The molecule has 2 unspecified atom stereocenters. The van der Waals surface area contributed by atoms with E-state index in [2.05, 4.69) is 15.3 Å². The van der Waals surface area contributed by atoms with Gasteiger partial charge in [0.15, 0.2) is 0 Å². The number of amides is 1. The third-order valence-electron chi connectivity index (χ3n) is 3.62. The lowest BCUT2D eigenvalue weighted by molar-refractivity contribution is -0.143. The normalized spacial score (nSPS) is 13.3. The van der Waals surface area contributed by atoms with Gasteiger partial charge in [-0.2, -0.15) is 0 Å². The van der Waals surface area contributed by atoms with Crippen LogP contribution in [0.4, 0.5) is 0 Å². The van der Waals surface area contributed by atoms with Crippen LogP contribution in [-0.4, -0.2) is 33.0 Å². The smallest absolute Gasteiger partial charge is 0.326 e. The van der Waals surface area contributed by atoms with Gasteiger partial charge in [-0.3, -0.25) is 9.78 Å². The van der Waals surface area contributed by atoms with Gasteiger partial charge in [0.1, 0.15) is 11.0 Å². The van der Waals surface area contributed by atoms with Gasteiger partial charge in [-0.05, 0) is 18.1 Å². The maximum absolute atomic E-state index is 12.1. The maximum Gasteiger partial charge on any atom is 0.326 e. The highest BCUT2D eigenvalue weighted by Crippen LogP contribution is 2.23. The lowest BCUT2D eigenvalue weighted by Gasteiger charge is -2.19. The third kappa shape index (κ3) is 4.59. The molecule has 0 aliphatic heterocycles. The van der Waals surface area contributed by atoms with Gasteiger partial charge in [0.25, 0.3) is 0 Å². The lowest BCUT2D eigenvalue weighted by atomic mass is 9.99. The summed E-state index contributed by atoms with van der Waals surface area (Å²) < 4.78 is 0. The van der Waals surface area contributed by atoms with Crippen molar-refractivity contribution >= 4 is 23.2 Å². The van der Waals surface area contributed by atoms with E-state index in [0.29, 0.717) is 12.1 Å². The van der Waals surface area contributed by atoms with Crippen LogP contribution in [-0.2, 0) is 16.0 Å². The van der Waals surface area contributed by atoms with E-state index in [0.717, 1.165) is 10.6 Å². The zero-order valence-corrected chi connectivity index (χ0v) is 13.8. The van der Waals surface area contributed by atoms with Crippen molar-refractivity contribution < 1.29 is 14.7 Å². The maximum atomic E-state index is 12.1. The molecule has 0 fully saturated rings. The zero-order chi connectivity index (χ0) is 16.8. The molecule has 2 atom stereocenters. The van der Waals surface area contributed by atoms with Gasteiger partial charge >= 0.3 is 5.97 Å². The molecule has 23 heavy (non-hydrogen) atoms. The van der Waals surface area contributed by atoms with E-state index in [1.165, 1.54) is 11.3 Å². The number of carbonyl (C=O) groups excluding carboxylic acids is 1. The molecule has 2 N–H and O–H groups in total. The Morgan fingerprint density at radius 2 is 2.04 bits per heavy atom. The Morgan fingerprint density at radius 1 is 1.35 bits per heavy atom. The van der Waals surface area contributed by atoms with Gasteiger partial charge in [-0.25, -0.2) is 9.78 Å². The summed E-state index contributed by atoms with van der Waals surface area (Å²) >= 11 is 1.45. The number of thiazole rings is 1. The Bertz CT molecular complexity index is 672. The van der Waals surface area contributed by atoms with Crippen LogP contribution in [0.25, 0.3) is 10.6 Å². The highest BCUT2D eigenvalue weighted by atomic mass is 32.1. The second-order valence-corrected chi connectivity index (χ2v) is 6.18. The van der Waals surface area contributed by atoms with Crippen molar-refractivity contribution in [2.75, 3.05) is 0 Å². The van der Waals surface area contributed by atoms with E-state index in [1.54, 1.807) is 12.4 Å². The van der Waals surface area contributed by atoms with Crippen molar-refractivity contribution in [1.82, 2.24) is 15.3 Å². The molecular weight excluding hydrogens is 314 g/mol. The highest BCUT2D eigenvalue weighted by molar-refractivity contribution is 7.13. The molecule has 2 heterocycles. The van der Waals surface area contributed by atoms with Gasteiger partial charge in [-0.1, -0.05) is 20.3 Å². The number of rotatable bonds is 7. The first kappa shape index (κ1) is 17.1. The minimum atomic E-state index is -1.01. The monoisotopic (exact) mass is 333 g/mol. The number of hydrogen-bond donors (Lipinski definition) is 2. The molecule has 0 aromatic carbocycles. The minimum Gasteiger partial charge on any atom is -0.480 e. The SMILES string of the molecule is CCC(C)C(NC(=O)Cc1csc(-c2ccncc2)n1)C(=O)O. The summed E-state index contributed by atoms with van der Waals surface area (Å²) in [6, 6.07) is 2.84. The van der Waals surface area contributed by atoms with Crippen LogP contribution < -0.4 is 5.32 Å². The molecule has 0 saturated carbocycles. The van der Waals surface area contributed by atoms with Crippen molar-refractivity contribution in [1.29, 1.82) is 0 Å². The van der Waals surface area contributed by atoms with Crippen LogP contribution in [0.1, 0.15) is 26.0 Å². The summed E-state index contributed by atoms with van der Waals surface area (Å²) in [7, 11) is 0. The van der Waals surface area contributed by atoms with Crippen molar-refractivity contribution in [3.8, 4) is 10.6 Å². The quantitative estimate of drug-likeness (QED) is 0.811. The van der Waals surface area contributed by atoms with Crippen LogP contribution in [0.15, 0.2) is 29.9 Å². The fourth-order valence-electron chi connectivity index (χ4n) is 2.09. The zero-order valence-electron chi connectivity index (χ0n) is 13.0.